The molecule has 2 amide bonds. The maximum Gasteiger partial charge on any atom is 0.325 e. The number of ether oxygens (including phenoxy) is 2. The van der Waals surface area contributed by atoms with E-state index in [4.69, 9.17) is 25.7 Å². The van der Waals surface area contributed by atoms with Gasteiger partial charge < -0.3 is 45.2 Å². The van der Waals surface area contributed by atoms with Gasteiger partial charge in [0.25, 0.3) is 0 Å². The lowest BCUT2D eigenvalue weighted by Crippen LogP contribution is -2.59. The monoisotopic (exact) mass is 523 g/mol. The van der Waals surface area contributed by atoms with Gasteiger partial charge in [0.2, 0.25) is 12.2 Å². The number of nitrogens with one attached hydrogen (secondary N) is 2. The Morgan fingerprint density at radius 3 is 2.64 bits per heavy atom. The number of aromatic nitrogens is 1. The number of nitrogens with zero attached hydrogens (tertiary/aromatic N) is 1. The fraction of sp³-hybridized carbons (Fsp3) is 0.478. The number of amides is 2. The SMILES string of the molecule is C#CCCCCNC(=O)Nc1ccc2nc(O[C@H]3O[C@H](CCP(=O)(O)O)[C@@H](O)[C@H](O)[C@@H]3O)ccc2c1. The Kier molecular flexibility index (Phi) is 9.64. The van der Waals surface area contributed by atoms with Crippen LogP contribution in [0.1, 0.15) is 25.7 Å². The van der Waals surface area contributed by atoms with Crippen molar-refractivity contribution in [3.8, 4) is 18.2 Å². The smallest absolute Gasteiger partial charge is 0.325 e. The number of carbonyl (C=O) groups is 1. The Bertz CT molecular complexity index is 1140. The zero-order valence-corrected chi connectivity index (χ0v) is 20.3. The fourth-order valence-corrected chi connectivity index (χ4v) is 4.24. The van der Waals surface area contributed by atoms with E-state index in [-0.39, 0.29) is 18.3 Å². The number of carbonyl (C=O) groups excluding carboxylic acids is 1. The third kappa shape index (κ3) is 7.88. The van der Waals surface area contributed by atoms with Crippen LogP contribution in [-0.2, 0) is 9.30 Å². The molecule has 36 heavy (non-hydrogen) atoms. The first kappa shape index (κ1) is 27.8. The van der Waals surface area contributed by atoms with Gasteiger partial charge in [0.05, 0.1) is 17.8 Å². The molecular formula is C23H30N3O9P. The van der Waals surface area contributed by atoms with Crippen molar-refractivity contribution in [2.24, 2.45) is 0 Å². The van der Waals surface area contributed by atoms with E-state index in [0.29, 0.717) is 29.6 Å². The summed E-state index contributed by atoms with van der Waals surface area (Å²) in [5.41, 5.74) is 1.06. The van der Waals surface area contributed by atoms with Crippen molar-refractivity contribution in [3.05, 3.63) is 30.3 Å². The average Bonchev–Trinajstić information content (AvgIpc) is 2.83. The van der Waals surface area contributed by atoms with Crippen LogP contribution in [0.25, 0.3) is 10.9 Å². The van der Waals surface area contributed by atoms with E-state index >= 15 is 0 Å². The third-order valence-electron chi connectivity index (χ3n) is 5.57. The van der Waals surface area contributed by atoms with Gasteiger partial charge in [-0.25, -0.2) is 9.78 Å². The third-order valence-corrected chi connectivity index (χ3v) is 6.41. The molecule has 0 radical (unpaired) electrons. The molecule has 2 aromatic rings. The Morgan fingerprint density at radius 1 is 1.14 bits per heavy atom. The second-order valence-electron chi connectivity index (χ2n) is 8.41. The first-order chi connectivity index (χ1) is 17.1. The van der Waals surface area contributed by atoms with E-state index in [9.17, 15) is 24.7 Å². The number of aliphatic hydroxyl groups is 3. The van der Waals surface area contributed by atoms with Gasteiger partial charge in [-0.1, -0.05) is 0 Å². The highest BCUT2D eigenvalue weighted by atomic mass is 31.2. The molecule has 7 N–H and O–H groups in total. The van der Waals surface area contributed by atoms with Crippen LogP contribution in [0.4, 0.5) is 10.5 Å². The Labute approximate surface area is 207 Å². The van der Waals surface area contributed by atoms with E-state index < -0.39 is 44.5 Å². The molecule has 12 nitrogen and oxygen atoms in total. The quantitative estimate of drug-likeness (QED) is 0.134. The number of benzene rings is 1. The maximum absolute atomic E-state index is 12.0. The number of hydrogen-bond acceptors (Lipinski definition) is 8. The molecule has 0 bridgehead atoms. The molecule has 0 saturated carbocycles. The van der Waals surface area contributed by atoms with Crippen molar-refractivity contribution < 1.29 is 43.9 Å². The Hall–Kier alpha value is -2.75. The van der Waals surface area contributed by atoms with E-state index in [1.165, 1.54) is 6.07 Å². The average molecular weight is 523 g/mol. The second-order valence-corrected chi connectivity index (χ2v) is 10.2. The van der Waals surface area contributed by atoms with Crippen LogP contribution in [0.15, 0.2) is 30.3 Å². The molecule has 1 aromatic heterocycles. The minimum atomic E-state index is -4.36. The van der Waals surface area contributed by atoms with Gasteiger partial charge in [-0.3, -0.25) is 4.57 Å². The molecular weight excluding hydrogens is 493 g/mol. The van der Waals surface area contributed by atoms with E-state index in [1.54, 1.807) is 24.3 Å². The first-order valence-corrected chi connectivity index (χ1v) is 13.2. The summed E-state index contributed by atoms with van der Waals surface area (Å²) in [5.74, 6) is 2.60. The van der Waals surface area contributed by atoms with Crippen LogP contribution < -0.4 is 15.4 Å². The van der Waals surface area contributed by atoms with Crippen LogP contribution >= 0.6 is 7.60 Å². The predicted molar refractivity (Wildman–Crippen MR) is 130 cm³/mol. The first-order valence-electron chi connectivity index (χ1n) is 11.4. The van der Waals surface area contributed by atoms with E-state index in [2.05, 4.69) is 21.5 Å². The molecule has 13 heteroatoms. The van der Waals surface area contributed by atoms with Crippen molar-refractivity contribution >= 4 is 30.2 Å². The van der Waals surface area contributed by atoms with Gasteiger partial charge in [0.15, 0.2) is 0 Å². The van der Waals surface area contributed by atoms with Crippen LogP contribution in [-0.4, -0.2) is 79.5 Å². The molecule has 1 fully saturated rings. The zero-order valence-electron chi connectivity index (χ0n) is 19.4. The second kappa shape index (κ2) is 12.5. The van der Waals surface area contributed by atoms with Crippen LogP contribution in [0.2, 0.25) is 0 Å². The molecule has 1 saturated heterocycles. The molecule has 3 rings (SSSR count). The molecule has 0 unspecified atom stereocenters. The Morgan fingerprint density at radius 2 is 1.92 bits per heavy atom. The zero-order chi connectivity index (χ0) is 26.3. The van der Waals surface area contributed by atoms with Crippen LogP contribution in [0.5, 0.6) is 5.88 Å². The molecule has 5 atom stereocenters. The van der Waals surface area contributed by atoms with Gasteiger partial charge in [-0.15, -0.1) is 12.3 Å². The number of unbranched alkanes of at least 4 members (excludes halogenated alkanes) is 2. The highest BCUT2D eigenvalue weighted by Gasteiger charge is 2.45. The molecule has 1 aromatic carbocycles. The summed E-state index contributed by atoms with van der Waals surface area (Å²) in [6.07, 6.45) is -0.778. The lowest BCUT2D eigenvalue weighted by molar-refractivity contribution is -0.273. The minimum Gasteiger partial charge on any atom is -0.445 e. The van der Waals surface area contributed by atoms with Crippen LogP contribution in [0.3, 0.4) is 0 Å². The highest BCUT2D eigenvalue weighted by molar-refractivity contribution is 7.51. The largest absolute Gasteiger partial charge is 0.445 e. The molecule has 196 valence electrons. The van der Waals surface area contributed by atoms with Gasteiger partial charge in [0, 0.05) is 30.1 Å². The lowest BCUT2D eigenvalue weighted by Gasteiger charge is -2.40. The van der Waals surface area contributed by atoms with Crippen molar-refractivity contribution in [2.75, 3.05) is 18.0 Å². The maximum atomic E-state index is 12.0. The molecule has 2 heterocycles. The number of rotatable bonds is 10. The van der Waals surface area contributed by atoms with E-state index in [1.807, 2.05) is 0 Å². The Balaban J connectivity index is 1.62. The molecule has 1 aliphatic heterocycles. The number of urea groups is 1. The van der Waals surface area contributed by atoms with Gasteiger partial charge >= 0.3 is 13.6 Å². The number of hydrogen-bond donors (Lipinski definition) is 7. The topological polar surface area (TPSA) is 191 Å². The van der Waals surface area contributed by atoms with Crippen molar-refractivity contribution in [3.63, 3.8) is 0 Å². The van der Waals surface area contributed by atoms with Crippen molar-refractivity contribution in [1.82, 2.24) is 10.3 Å². The summed E-state index contributed by atoms with van der Waals surface area (Å²) in [7, 11) is -4.36. The summed E-state index contributed by atoms with van der Waals surface area (Å²) < 4.78 is 22.2. The normalized spacial score (nSPS) is 24.2. The standard InChI is InChI=1S/C23H30N3O9P/c1-2-3-4-5-11-24-23(30)25-15-7-8-16-14(13-15)6-9-18(26-16)35-22-21(29)20(28)19(27)17(34-22)10-12-36(31,32)33/h1,6-9,13,17,19-22,27-29H,3-5,10-12H2,(H2,24,25,30)(H2,31,32,33)/t17-,19-,20+,21+,22-/m1/s1. The van der Waals surface area contributed by atoms with Gasteiger partial charge in [-0.2, -0.15) is 0 Å². The van der Waals surface area contributed by atoms with Crippen molar-refractivity contribution in [2.45, 2.75) is 56.4 Å². The fourth-order valence-electron chi connectivity index (χ4n) is 3.65. The molecule has 0 spiro atoms. The molecule has 1 aliphatic rings. The van der Waals surface area contributed by atoms with E-state index in [0.717, 1.165) is 12.8 Å². The van der Waals surface area contributed by atoms with Crippen LogP contribution in [0, 0.1) is 12.3 Å². The van der Waals surface area contributed by atoms with Crippen molar-refractivity contribution in [1.29, 1.82) is 0 Å². The van der Waals surface area contributed by atoms with Gasteiger partial charge in [0.1, 0.15) is 18.3 Å². The summed E-state index contributed by atoms with van der Waals surface area (Å²) in [4.78, 5) is 34.5. The number of anilines is 1. The number of fused-ring (bicyclic) bond motifs is 1. The molecule has 0 aliphatic carbocycles. The number of pyridine rings is 1. The number of aliphatic hydroxyl groups excluding tert-OH is 3. The minimum absolute atomic E-state index is 0.0503. The highest BCUT2D eigenvalue weighted by Crippen LogP contribution is 2.37. The summed E-state index contributed by atoms with van der Waals surface area (Å²) in [6.45, 7) is 0.504. The number of terminal acetylenes is 1. The predicted octanol–water partition coefficient (Wildman–Crippen LogP) is 0.914. The lowest BCUT2D eigenvalue weighted by atomic mass is 9.97. The summed E-state index contributed by atoms with van der Waals surface area (Å²) in [5, 5.41) is 36.7. The summed E-state index contributed by atoms with van der Waals surface area (Å²) >= 11 is 0. The van der Waals surface area contributed by atoms with Gasteiger partial charge in [-0.05, 0) is 43.5 Å². The summed E-state index contributed by atoms with van der Waals surface area (Å²) in [6, 6.07) is 7.85.